The lowest BCUT2D eigenvalue weighted by Gasteiger charge is -2.08. The third kappa shape index (κ3) is 3.42. The monoisotopic (exact) mass is 291 g/mol. The van der Waals surface area contributed by atoms with Crippen LogP contribution in [0.15, 0.2) is 47.4 Å². The minimum atomic E-state index is -0.422. The molecule has 0 spiro atoms. The Labute approximate surface area is 120 Å². The number of thioether (sulfide) groups is 1. The molecule has 0 atom stereocenters. The van der Waals surface area contributed by atoms with Crippen LogP contribution in [0, 0.1) is 10.1 Å². The summed E-state index contributed by atoms with van der Waals surface area (Å²) in [6, 6.07) is 11.3. The van der Waals surface area contributed by atoms with Crippen molar-refractivity contribution in [2.24, 2.45) is 0 Å². The van der Waals surface area contributed by atoms with Crippen LogP contribution < -0.4 is 4.74 Å². The highest BCUT2D eigenvalue weighted by atomic mass is 32.2. The van der Waals surface area contributed by atoms with Crippen LogP contribution in [0.1, 0.15) is 5.56 Å². The lowest BCUT2D eigenvalue weighted by molar-refractivity contribution is -0.384. The van der Waals surface area contributed by atoms with Crippen molar-refractivity contribution >= 4 is 17.4 Å². The summed E-state index contributed by atoms with van der Waals surface area (Å²) in [6.45, 7) is 0. The van der Waals surface area contributed by atoms with E-state index < -0.39 is 4.92 Å². The van der Waals surface area contributed by atoms with Crippen LogP contribution in [-0.4, -0.2) is 17.1 Å². The van der Waals surface area contributed by atoms with Gasteiger partial charge in [0.2, 0.25) is 0 Å². The molecule has 0 amide bonds. The van der Waals surface area contributed by atoms with E-state index in [-0.39, 0.29) is 11.4 Å². The summed E-state index contributed by atoms with van der Waals surface area (Å²) in [6.07, 6.45) is 0. The Morgan fingerprint density at radius 1 is 1.25 bits per heavy atom. The summed E-state index contributed by atoms with van der Waals surface area (Å²) in [4.78, 5) is 11.3. The van der Waals surface area contributed by atoms with Gasteiger partial charge < -0.3 is 9.84 Å². The molecule has 0 bridgehead atoms. The van der Waals surface area contributed by atoms with Crippen LogP contribution in [0.25, 0.3) is 0 Å². The normalized spacial score (nSPS) is 10.2. The number of phenolic OH excluding ortho intramolecular Hbond substituents is 1. The van der Waals surface area contributed by atoms with Crippen LogP contribution in [0.4, 0.5) is 5.69 Å². The molecule has 0 saturated carbocycles. The molecule has 0 fully saturated rings. The zero-order chi connectivity index (χ0) is 14.5. The maximum absolute atomic E-state index is 10.8. The van der Waals surface area contributed by atoms with Crippen molar-refractivity contribution in [1.29, 1.82) is 0 Å². The van der Waals surface area contributed by atoms with E-state index in [4.69, 9.17) is 4.74 Å². The van der Waals surface area contributed by atoms with E-state index in [2.05, 4.69) is 0 Å². The molecule has 0 aliphatic carbocycles. The molecule has 0 heterocycles. The van der Waals surface area contributed by atoms with Gasteiger partial charge in [0.1, 0.15) is 11.5 Å². The lowest BCUT2D eigenvalue weighted by atomic mass is 10.2. The fourth-order valence-electron chi connectivity index (χ4n) is 1.69. The fraction of sp³-hybridized carbons (Fsp3) is 0.143. The van der Waals surface area contributed by atoms with E-state index in [1.165, 1.54) is 31.0 Å². The summed E-state index contributed by atoms with van der Waals surface area (Å²) in [5.41, 5.74) is 0.812. The maximum Gasteiger partial charge on any atom is 0.270 e. The van der Waals surface area contributed by atoms with E-state index in [1.54, 1.807) is 30.3 Å². The highest BCUT2D eigenvalue weighted by molar-refractivity contribution is 7.98. The number of hydrogen-bond acceptors (Lipinski definition) is 5. The number of aromatic hydroxyl groups is 1. The molecule has 5 nitrogen and oxygen atoms in total. The Balaban J connectivity index is 2.16. The standard InChI is InChI=1S/C14H13NO4S/c1-19-14-7-2-11(15(17)18)8-10(14)9-20-13-5-3-12(16)4-6-13/h2-8,16H,9H2,1H3. The van der Waals surface area contributed by atoms with Crippen LogP contribution in [0.5, 0.6) is 11.5 Å². The molecule has 6 heteroatoms. The number of nitrogens with zero attached hydrogens (tertiary/aromatic N) is 1. The number of nitro benzene ring substituents is 1. The van der Waals surface area contributed by atoms with Gasteiger partial charge in [-0.15, -0.1) is 11.8 Å². The molecule has 1 N–H and O–H groups in total. The molecule has 0 aliphatic rings. The first-order valence-corrected chi connectivity index (χ1v) is 6.82. The van der Waals surface area contributed by atoms with Crippen molar-refractivity contribution in [3.63, 3.8) is 0 Å². The van der Waals surface area contributed by atoms with Crippen LogP contribution >= 0.6 is 11.8 Å². The Morgan fingerprint density at radius 2 is 1.95 bits per heavy atom. The number of nitro groups is 1. The Hall–Kier alpha value is -2.21. The van der Waals surface area contributed by atoms with Gasteiger partial charge in [-0.05, 0) is 30.3 Å². The van der Waals surface area contributed by atoms with Crippen molar-refractivity contribution in [3.8, 4) is 11.5 Å². The van der Waals surface area contributed by atoms with Gasteiger partial charge in [-0.25, -0.2) is 0 Å². The average Bonchev–Trinajstić information content (AvgIpc) is 2.46. The quantitative estimate of drug-likeness (QED) is 0.517. The topological polar surface area (TPSA) is 72.6 Å². The second-order valence-corrected chi connectivity index (χ2v) is 5.08. The zero-order valence-corrected chi connectivity index (χ0v) is 11.6. The molecule has 0 aliphatic heterocycles. The highest BCUT2D eigenvalue weighted by Gasteiger charge is 2.11. The Morgan fingerprint density at radius 3 is 2.55 bits per heavy atom. The molecule has 20 heavy (non-hydrogen) atoms. The van der Waals surface area contributed by atoms with E-state index >= 15 is 0 Å². The first-order chi connectivity index (χ1) is 9.60. The van der Waals surface area contributed by atoms with Crippen molar-refractivity contribution in [2.45, 2.75) is 10.6 Å². The molecule has 0 aromatic heterocycles. The minimum Gasteiger partial charge on any atom is -0.508 e. The molecular formula is C14H13NO4S. The third-order valence-electron chi connectivity index (χ3n) is 2.71. The van der Waals surface area contributed by atoms with Gasteiger partial charge >= 0.3 is 0 Å². The van der Waals surface area contributed by atoms with E-state index in [9.17, 15) is 15.2 Å². The smallest absolute Gasteiger partial charge is 0.270 e. The third-order valence-corrected chi connectivity index (χ3v) is 3.77. The molecule has 2 aromatic rings. The first kappa shape index (κ1) is 14.2. The summed E-state index contributed by atoms with van der Waals surface area (Å²) in [5, 5.41) is 20.0. The largest absolute Gasteiger partial charge is 0.508 e. The fourth-order valence-corrected chi connectivity index (χ4v) is 2.57. The molecule has 2 aromatic carbocycles. The minimum absolute atomic E-state index is 0.0482. The second-order valence-electron chi connectivity index (χ2n) is 4.04. The summed E-state index contributed by atoms with van der Waals surface area (Å²) < 4.78 is 5.21. The Bertz CT molecular complexity index is 613. The molecule has 0 radical (unpaired) electrons. The maximum atomic E-state index is 10.8. The van der Waals surface area contributed by atoms with Crippen molar-refractivity contribution < 1.29 is 14.8 Å². The van der Waals surface area contributed by atoms with Crippen molar-refractivity contribution in [1.82, 2.24) is 0 Å². The SMILES string of the molecule is COc1ccc([N+](=O)[O-])cc1CSc1ccc(O)cc1. The summed E-state index contributed by atoms with van der Waals surface area (Å²) >= 11 is 1.52. The Kier molecular flexibility index (Phi) is 4.47. The predicted octanol–water partition coefficient (Wildman–Crippen LogP) is 3.60. The van der Waals surface area contributed by atoms with Gasteiger partial charge in [-0.1, -0.05) is 0 Å². The van der Waals surface area contributed by atoms with Gasteiger partial charge in [0.05, 0.1) is 12.0 Å². The predicted molar refractivity (Wildman–Crippen MR) is 77.3 cm³/mol. The van der Waals surface area contributed by atoms with Gasteiger partial charge in [0.25, 0.3) is 5.69 Å². The lowest BCUT2D eigenvalue weighted by Crippen LogP contribution is -1.94. The number of rotatable bonds is 5. The van der Waals surface area contributed by atoms with Gasteiger partial charge in [0, 0.05) is 28.3 Å². The molecule has 104 valence electrons. The number of non-ortho nitro benzene ring substituents is 1. The molecule has 0 unspecified atom stereocenters. The number of methoxy groups -OCH3 is 1. The molecular weight excluding hydrogens is 278 g/mol. The van der Waals surface area contributed by atoms with Crippen molar-refractivity contribution in [2.75, 3.05) is 7.11 Å². The summed E-state index contributed by atoms with van der Waals surface area (Å²) in [5.74, 6) is 1.39. The van der Waals surface area contributed by atoms with Crippen LogP contribution in [0.3, 0.4) is 0 Å². The first-order valence-electron chi connectivity index (χ1n) is 5.83. The number of hydrogen-bond donors (Lipinski definition) is 1. The van der Waals surface area contributed by atoms with E-state index in [0.29, 0.717) is 11.5 Å². The van der Waals surface area contributed by atoms with E-state index in [0.717, 1.165) is 10.5 Å². The molecule has 0 saturated heterocycles. The van der Waals surface area contributed by atoms with Gasteiger partial charge in [-0.2, -0.15) is 0 Å². The van der Waals surface area contributed by atoms with Crippen LogP contribution in [0.2, 0.25) is 0 Å². The number of phenols is 1. The van der Waals surface area contributed by atoms with Gasteiger partial charge in [-0.3, -0.25) is 10.1 Å². The summed E-state index contributed by atoms with van der Waals surface area (Å²) in [7, 11) is 1.54. The highest BCUT2D eigenvalue weighted by Crippen LogP contribution is 2.31. The average molecular weight is 291 g/mol. The second kappa shape index (κ2) is 6.29. The van der Waals surface area contributed by atoms with E-state index in [1.807, 2.05) is 0 Å². The van der Waals surface area contributed by atoms with Crippen LogP contribution in [-0.2, 0) is 5.75 Å². The zero-order valence-electron chi connectivity index (χ0n) is 10.8. The number of benzene rings is 2. The van der Waals surface area contributed by atoms with Gasteiger partial charge in [0.15, 0.2) is 0 Å². The molecule has 2 rings (SSSR count). The number of ether oxygens (including phenoxy) is 1. The van der Waals surface area contributed by atoms with Crippen molar-refractivity contribution in [3.05, 3.63) is 58.1 Å².